The Morgan fingerprint density at radius 3 is 1.56 bits per heavy atom. The predicted octanol–water partition coefficient (Wildman–Crippen LogP) is 5.38. The molecule has 0 amide bonds. The molecule has 0 aliphatic carbocycles. The monoisotopic (exact) mass is 348 g/mol. The van der Waals surface area contributed by atoms with E-state index in [1.807, 2.05) is 54.6 Å². The first-order valence-corrected chi connectivity index (χ1v) is 9.56. The molecule has 1 unspecified atom stereocenters. The maximum atomic E-state index is 11.6. The van der Waals surface area contributed by atoms with Crippen LogP contribution in [0.5, 0.6) is 0 Å². The minimum absolute atomic E-state index is 0.0651. The SMILES string of the molecule is CC(Sc1ccccc1)C(O)(Cc1ccccc1)Cc1ccccc1. The summed E-state index contributed by atoms with van der Waals surface area (Å²) >= 11 is 1.74. The van der Waals surface area contributed by atoms with Crippen LogP contribution in [-0.2, 0) is 12.8 Å². The van der Waals surface area contributed by atoms with Crippen LogP contribution < -0.4 is 0 Å². The topological polar surface area (TPSA) is 20.2 Å². The summed E-state index contributed by atoms with van der Waals surface area (Å²) < 4.78 is 0. The van der Waals surface area contributed by atoms with Gasteiger partial charge in [-0.1, -0.05) is 85.8 Å². The van der Waals surface area contributed by atoms with Crippen LogP contribution >= 0.6 is 11.8 Å². The van der Waals surface area contributed by atoms with Gasteiger partial charge in [0.05, 0.1) is 5.60 Å². The zero-order chi connectivity index (χ0) is 17.5. The minimum Gasteiger partial charge on any atom is -0.388 e. The van der Waals surface area contributed by atoms with Gasteiger partial charge in [0.15, 0.2) is 0 Å². The molecular formula is C23H24OS. The first-order valence-electron chi connectivity index (χ1n) is 8.68. The Morgan fingerprint density at radius 1 is 0.720 bits per heavy atom. The Hall–Kier alpha value is -2.03. The Labute approximate surface area is 154 Å². The fourth-order valence-electron chi connectivity index (χ4n) is 3.06. The standard InChI is InChI=1S/C23H24OS/c1-19(25-22-15-9-4-10-16-22)23(24,17-20-11-5-2-6-12-20)18-21-13-7-3-8-14-21/h2-16,19,24H,17-18H2,1H3. The van der Waals surface area contributed by atoms with Gasteiger partial charge in [-0.15, -0.1) is 11.8 Å². The van der Waals surface area contributed by atoms with Gasteiger partial charge < -0.3 is 5.11 Å². The molecule has 25 heavy (non-hydrogen) atoms. The largest absolute Gasteiger partial charge is 0.388 e. The molecule has 3 rings (SSSR count). The van der Waals surface area contributed by atoms with Crippen LogP contribution in [0.15, 0.2) is 95.9 Å². The van der Waals surface area contributed by atoms with Crippen LogP contribution in [0.4, 0.5) is 0 Å². The molecule has 128 valence electrons. The molecular weight excluding hydrogens is 324 g/mol. The van der Waals surface area contributed by atoms with Crippen molar-refractivity contribution in [2.45, 2.75) is 35.5 Å². The summed E-state index contributed by atoms with van der Waals surface area (Å²) in [5.41, 5.74) is 1.52. The molecule has 1 N–H and O–H groups in total. The van der Waals surface area contributed by atoms with Crippen molar-refractivity contribution in [2.75, 3.05) is 0 Å². The predicted molar refractivity (Wildman–Crippen MR) is 107 cm³/mol. The summed E-state index contributed by atoms with van der Waals surface area (Å²) in [5, 5.41) is 11.7. The highest BCUT2D eigenvalue weighted by Gasteiger charge is 2.35. The molecule has 1 nitrogen and oxygen atoms in total. The third-order valence-electron chi connectivity index (χ3n) is 4.52. The Bertz CT molecular complexity index is 714. The number of thioether (sulfide) groups is 1. The molecule has 0 aliphatic rings. The molecule has 0 aromatic heterocycles. The van der Waals surface area contributed by atoms with E-state index in [4.69, 9.17) is 0 Å². The highest BCUT2D eigenvalue weighted by molar-refractivity contribution is 8.00. The van der Waals surface area contributed by atoms with E-state index < -0.39 is 5.60 Å². The quantitative estimate of drug-likeness (QED) is 0.578. The van der Waals surface area contributed by atoms with Crippen molar-refractivity contribution in [3.8, 4) is 0 Å². The van der Waals surface area contributed by atoms with Crippen molar-refractivity contribution in [1.82, 2.24) is 0 Å². The Morgan fingerprint density at radius 2 is 1.12 bits per heavy atom. The number of benzene rings is 3. The van der Waals surface area contributed by atoms with E-state index in [1.54, 1.807) is 11.8 Å². The van der Waals surface area contributed by atoms with Crippen LogP contribution in [0.3, 0.4) is 0 Å². The molecule has 0 bridgehead atoms. The summed E-state index contributed by atoms with van der Waals surface area (Å²) in [4.78, 5) is 1.19. The second-order valence-electron chi connectivity index (χ2n) is 6.50. The van der Waals surface area contributed by atoms with Gasteiger partial charge in [-0.3, -0.25) is 0 Å². The van der Waals surface area contributed by atoms with Crippen molar-refractivity contribution in [1.29, 1.82) is 0 Å². The number of hydrogen-bond donors (Lipinski definition) is 1. The van der Waals surface area contributed by atoms with Crippen molar-refractivity contribution in [3.05, 3.63) is 102 Å². The van der Waals surface area contributed by atoms with E-state index in [0.29, 0.717) is 12.8 Å². The normalized spacial score (nSPS) is 12.7. The molecule has 0 fully saturated rings. The summed E-state index contributed by atoms with van der Waals surface area (Å²) in [6.07, 6.45) is 1.29. The van der Waals surface area contributed by atoms with Crippen molar-refractivity contribution in [3.63, 3.8) is 0 Å². The first-order chi connectivity index (χ1) is 12.2. The third-order valence-corrected chi connectivity index (χ3v) is 5.86. The molecule has 0 aliphatic heterocycles. The molecule has 3 aromatic carbocycles. The number of rotatable bonds is 7. The molecule has 0 radical (unpaired) electrons. The zero-order valence-electron chi connectivity index (χ0n) is 14.5. The van der Waals surface area contributed by atoms with Crippen LogP contribution in [-0.4, -0.2) is 16.0 Å². The van der Waals surface area contributed by atoms with Gasteiger partial charge in [0.25, 0.3) is 0 Å². The van der Waals surface area contributed by atoms with Gasteiger partial charge >= 0.3 is 0 Å². The Kier molecular flexibility index (Phi) is 5.95. The number of hydrogen-bond acceptors (Lipinski definition) is 2. The highest BCUT2D eigenvalue weighted by Crippen LogP contribution is 2.34. The van der Waals surface area contributed by atoms with Crippen molar-refractivity contribution in [2.24, 2.45) is 0 Å². The average molecular weight is 349 g/mol. The van der Waals surface area contributed by atoms with Gasteiger partial charge in [-0.05, 0) is 23.3 Å². The first kappa shape index (κ1) is 17.8. The van der Waals surface area contributed by atoms with E-state index in [9.17, 15) is 5.11 Å². The maximum Gasteiger partial charge on any atom is 0.0846 e. The molecule has 1 atom stereocenters. The number of aliphatic hydroxyl groups is 1. The average Bonchev–Trinajstić information content (AvgIpc) is 2.64. The second-order valence-corrected chi connectivity index (χ2v) is 7.92. The van der Waals surface area contributed by atoms with Gasteiger partial charge in [0.2, 0.25) is 0 Å². The molecule has 3 aromatic rings. The minimum atomic E-state index is -0.816. The van der Waals surface area contributed by atoms with Crippen molar-refractivity contribution >= 4 is 11.8 Å². The zero-order valence-corrected chi connectivity index (χ0v) is 15.3. The lowest BCUT2D eigenvalue weighted by molar-refractivity contribution is 0.0426. The lowest BCUT2D eigenvalue weighted by Crippen LogP contribution is -2.43. The van der Waals surface area contributed by atoms with Crippen LogP contribution in [0.2, 0.25) is 0 Å². The van der Waals surface area contributed by atoms with Crippen LogP contribution in [0.1, 0.15) is 18.1 Å². The smallest absolute Gasteiger partial charge is 0.0846 e. The van der Waals surface area contributed by atoms with E-state index >= 15 is 0 Å². The van der Waals surface area contributed by atoms with Crippen LogP contribution in [0, 0.1) is 0 Å². The lowest BCUT2D eigenvalue weighted by atomic mass is 9.85. The Balaban J connectivity index is 1.84. The van der Waals surface area contributed by atoms with E-state index in [-0.39, 0.29) is 5.25 Å². The molecule has 0 saturated heterocycles. The summed E-state index contributed by atoms with van der Waals surface area (Å²) in [5.74, 6) is 0. The van der Waals surface area contributed by atoms with E-state index in [0.717, 1.165) is 0 Å². The van der Waals surface area contributed by atoms with Crippen molar-refractivity contribution < 1.29 is 5.11 Å². The lowest BCUT2D eigenvalue weighted by Gasteiger charge is -2.34. The fourth-order valence-corrected chi connectivity index (χ4v) is 4.17. The van der Waals surface area contributed by atoms with E-state index in [1.165, 1.54) is 16.0 Å². The highest BCUT2D eigenvalue weighted by atomic mass is 32.2. The van der Waals surface area contributed by atoms with Gasteiger partial charge in [0, 0.05) is 23.0 Å². The molecule has 2 heteroatoms. The fraction of sp³-hybridized carbons (Fsp3) is 0.217. The van der Waals surface area contributed by atoms with Gasteiger partial charge in [-0.2, -0.15) is 0 Å². The van der Waals surface area contributed by atoms with Crippen LogP contribution in [0.25, 0.3) is 0 Å². The second kappa shape index (κ2) is 8.37. The summed E-state index contributed by atoms with van der Waals surface area (Å²) in [6, 6.07) is 30.9. The molecule has 0 saturated carbocycles. The molecule has 0 spiro atoms. The third kappa shape index (κ3) is 4.97. The maximum absolute atomic E-state index is 11.6. The van der Waals surface area contributed by atoms with Gasteiger partial charge in [0.1, 0.15) is 0 Å². The summed E-state index contributed by atoms with van der Waals surface area (Å²) in [7, 11) is 0. The summed E-state index contributed by atoms with van der Waals surface area (Å²) in [6.45, 7) is 2.13. The molecule has 0 heterocycles. The van der Waals surface area contributed by atoms with E-state index in [2.05, 4.69) is 43.3 Å². The van der Waals surface area contributed by atoms with Gasteiger partial charge in [-0.25, -0.2) is 0 Å².